The monoisotopic (exact) mass is 201 g/mol. The van der Waals surface area contributed by atoms with E-state index >= 15 is 0 Å². The average Bonchev–Trinajstić information content (AvgIpc) is 2.04. The lowest BCUT2D eigenvalue weighted by Crippen LogP contribution is -2.22. The minimum Gasteiger partial charge on any atom is -0.507 e. The van der Waals surface area contributed by atoms with Crippen molar-refractivity contribution >= 4 is 10.0 Å². The molecule has 0 radical (unpaired) electrons. The Morgan fingerprint density at radius 2 is 1.77 bits per heavy atom. The predicted octanol–water partition coefficient (Wildman–Crippen LogP) is 0.643. The summed E-state index contributed by atoms with van der Waals surface area (Å²) in [5.41, 5.74) is 0. The molecule has 0 fully saturated rings. The number of benzene rings is 1. The maximum atomic E-state index is 11.5. The fourth-order valence-electron chi connectivity index (χ4n) is 0.872. The maximum absolute atomic E-state index is 11.5. The quantitative estimate of drug-likeness (QED) is 0.764. The lowest BCUT2D eigenvalue weighted by Gasteiger charge is -2.11. The lowest BCUT2D eigenvalue weighted by molar-refractivity contribution is 0.452. The zero-order chi connectivity index (χ0) is 10.1. The number of sulfonamides is 1. The van der Waals surface area contributed by atoms with E-state index in [4.69, 9.17) is 0 Å². The van der Waals surface area contributed by atoms with Crippen LogP contribution in [0.4, 0.5) is 0 Å². The summed E-state index contributed by atoms with van der Waals surface area (Å²) >= 11 is 0. The predicted molar refractivity (Wildman–Crippen MR) is 49.0 cm³/mol. The molecule has 72 valence electrons. The zero-order valence-electron chi connectivity index (χ0n) is 7.43. The Kier molecular flexibility index (Phi) is 2.58. The molecule has 0 aromatic heterocycles. The van der Waals surface area contributed by atoms with E-state index < -0.39 is 10.0 Å². The van der Waals surface area contributed by atoms with E-state index in [2.05, 4.69) is 0 Å². The van der Waals surface area contributed by atoms with Gasteiger partial charge in [-0.1, -0.05) is 12.1 Å². The van der Waals surface area contributed by atoms with Crippen LogP contribution in [0.2, 0.25) is 0 Å². The van der Waals surface area contributed by atoms with Crippen LogP contribution in [0.15, 0.2) is 29.2 Å². The third-order valence-corrected chi connectivity index (χ3v) is 3.49. The maximum Gasteiger partial charge on any atom is 0.246 e. The van der Waals surface area contributed by atoms with Crippen LogP contribution in [0.5, 0.6) is 5.75 Å². The first-order valence-electron chi connectivity index (χ1n) is 3.67. The van der Waals surface area contributed by atoms with Crippen molar-refractivity contribution in [3.8, 4) is 5.75 Å². The second kappa shape index (κ2) is 3.35. The van der Waals surface area contributed by atoms with Gasteiger partial charge in [-0.2, -0.15) is 0 Å². The van der Waals surface area contributed by atoms with Gasteiger partial charge in [0, 0.05) is 14.1 Å². The van der Waals surface area contributed by atoms with Gasteiger partial charge in [0.15, 0.2) is 0 Å². The second-order valence-corrected chi connectivity index (χ2v) is 4.88. The molecule has 0 amide bonds. The van der Waals surface area contributed by atoms with Crippen LogP contribution < -0.4 is 0 Å². The standard InChI is InChI=1S/C8H11NO3S/c1-9(2)13(11,12)8-6-4-3-5-7(8)10/h3-6,10H,1-2H3. The molecule has 1 rings (SSSR count). The molecule has 0 atom stereocenters. The summed E-state index contributed by atoms with van der Waals surface area (Å²) in [4.78, 5) is -0.0694. The Hall–Kier alpha value is -1.07. The summed E-state index contributed by atoms with van der Waals surface area (Å²) in [5, 5.41) is 9.29. The number of para-hydroxylation sites is 1. The van der Waals surface area contributed by atoms with Gasteiger partial charge in [-0.15, -0.1) is 0 Å². The highest BCUT2D eigenvalue weighted by molar-refractivity contribution is 7.89. The van der Waals surface area contributed by atoms with E-state index in [1.54, 1.807) is 12.1 Å². The van der Waals surface area contributed by atoms with Crippen LogP contribution in [-0.2, 0) is 10.0 Å². The van der Waals surface area contributed by atoms with E-state index in [-0.39, 0.29) is 10.6 Å². The molecular weight excluding hydrogens is 190 g/mol. The fourth-order valence-corrected chi connectivity index (χ4v) is 1.85. The van der Waals surface area contributed by atoms with Crippen molar-refractivity contribution in [1.82, 2.24) is 4.31 Å². The molecule has 0 aliphatic rings. The van der Waals surface area contributed by atoms with Crippen molar-refractivity contribution in [3.63, 3.8) is 0 Å². The van der Waals surface area contributed by atoms with Crippen LogP contribution in [-0.4, -0.2) is 31.9 Å². The highest BCUT2D eigenvalue weighted by Crippen LogP contribution is 2.23. The number of phenolic OH excluding ortho intramolecular Hbond substituents is 1. The Morgan fingerprint density at radius 3 is 2.23 bits per heavy atom. The molecule has 0 bridgehead atoms. The molecule has 1 aromatic rings. The van der Waals surface area contributed by atoms with E-state index in [0.717, 1.165) is 4.31 Å². The van der Waals surface area contributed by atoms with Gasteiger partial charge in [-0.25, -0.2) is 12.7 Å². The van der Waals surface area contributed by atoms with Gasteiger partial charge in [0.25, 0.3) is 0 Å². The SMILES string of the molecule is CN(C)S(=O)(=O)c1ccccc1O. The number of hydrogen-bond donors (Lipinski definition) is 1. The van der Waals surface area contributed by atoms with Gasteiger partial charge in [0.2, 0.25) is 10.0 Å². The molecule has 1 N–H and O–H groups in total. The Morgan fingerprint density at radius 1 is 1.23 bits per heavy atom. The number of hydrogen-bond acceptors (Lipinski definition) is 3. The third kappa shape index (κ3) is 1.81. The first-order valence-corrected chi connectivity index (χ1v) is 5.11. The van der Waals surface area contributed by atoms with Crippen molar-refractivity contribution < 1.29 is 13.5 Å². The number of phenols is 1. The Balaban J connectivity index is 3.32. The molecular formula is C8H11NO3S. The molecule has 0 aliphatic carbocycles. The van der Waals surface area contributed by atoms with E-state index in [9.17, 15) is 13.5 Å². The summed E-state index contributed by atoms with van der Waals surface area (Å²) in [6.45, 7) is 0. The van der Waals surface area contributed by atoms with Gasteiger partial charge in [-0.3, -0.25) is 0 Å². The van der Waals surface area contributed by atoms with Crippen molar-refractivity contribution in [3.05, 3.63) is 24.3 Å². The molecule has 4 nitrogen and oxygen atoms in total. The summed E-state index contributed by atoms with van der Waals surface area (Å²) in [6.07, 6.45) is 0. The van der Waals surface area contributed by atoms with Crippen molar-refractivity contribution in [2.45, 2.75) is 4.90 Å². The Bertz CT molecular complexity index is 398. The minimum atomic E-state index is -3.52. The van der Waals surface area contributed by atoms with Crippen LogP contribution in [0, 0.1) is 0 Å². The molecule has 0 saturated carbocycles. The van der Waals surface area contributed by atoms with E-state index in [1.807, 2.05) is 0 Å². The molecule has 0 aliphatic heterocycles. The molecule has 1 aromatic carbocycles. The van der Waals surface area contributed by atoms with Gasteiger partial charge in [0.1, 0.15) is 10.6 Å². The number of aromatic hydroxyl groups is 1. The minimum absolute atomic E-state index is 0.0694. The van der Waals surface area contributed by atoms with Crippen molar-refractivity contribution in [1.29, 1.82) is 0 Å². The lowest BCUT2D eigenvalue weighted by atomic mass is 10.3. The molecule has 0 heterocycles. The smallest absolute Gasteiger partial charge is 0.246 e. The molecule has 13 heavy (non-hydrogen) atoms. The normalized spacial score (nSPS) is 11.9. The summed E-state index contributed by atoms with van der Waals surface area (Å²) in [5.74, 6) is -0.226. The summed E-state index contributed by atoms with van der Waals surface area (Å²) in [7, 11) is -0.687. The zero-order valence-corrected chi connectivity index (χ0v) is 8.25. The van der Waals surface area contributed by atoms with Crippen molar-refractivity contribution in [2.24, 2.45) is 0 Å². The Labute approximate surface area is 77.5 Å². The van der Waals surface area contributed by atoms with Crippen LogP contribution in [0.1, 0.15) is 0 Å². The van der Waals surface area contributed by atoms with Crippen LogP contribution in [0.25, 0.3) is 0 Å². The largest absolute Gasteiger partial charge is 0.507 e. The first kappa shape index (κ1) is 10.0. The highest BCUT2D eigenvalue weighted by atomic mass is 32.2. The number of nitrogens with zero attached hydrogens (tertiary/aromatic N) is 1. The number of rotatable bonds is 2. The first-order chi connectivity index (χ1) is 5.96. The van der Waals surface area contributed by atoms with Crippen LogP contribution >= 0.6 is 0 Å². The fraction of sp³-hybridized carbons (Fsp3) is 0.250. The van der Waals surface area contributed by atoms with Gasteiger partial charge >= 0.3 is 0 Å². The summed E-state index contributed by atoms with van der Waals surface area (Å²) < 4.78 is 24.1. The summed E-state index contributed by atoms with van der Waals surface area (Å²) in [6, 6.07) is 5.85. The van der Waals surface area contributed by atoms with Gasteiger partial charge in [0.05, 0.1) is 0 Å². The van der Waals surface area contributed by atoms with Gasteiger partial charge in [-0.05, 0) is 12.1 Å². The molecule has 5 heteroatoms. The molecule has 0 unspecified atom stereocenters. The van der Waals surface area contributed by atoms with Gasteiger partial charge < -0.3 is 5.11 Å². The topological polar surface area (TPSA) is 57.6 Å². The van der Waals surface area contributed by atoms with E-state index in [0.29, 0.717) is 0 Å². The van der Waals surface area contributed by atoms with Crippen LogP contribution in [0.3, 0.4) is 0 Å². The highest BCUT2D eigenvalue weighted by Gasteiger charge is 2.20. The average molecular weight is 201 g/mol. The second-order valence-electron chi connectivity index (χ2n) is 2.76. The third-order valence-electron chi connectivity index (χ3n) is 1.62. The molecule has 0 saturated heterocycles. The van der Waals surface area contributed by atoms with Crippen molar-refractivity contribution in [2.75, 3.05) is 14.1 Å². The van der Waals surface area contributed by atoms with E-state index in [1.165, 1.54) is 26.2 Å². The molecule has 0 spiro atoms.